The van der Waals surface area contributed by atoms with Crippen LogP contribution in [0.1, 0.15) is 44.1 Å². The number of halogens is 3. The van der Waals surface area contributed by atoms with Crippen molar-refractivity contribution in [2.45, 2.75) is 44.7 Å². The maximum atomic E-state index is 11.9. The minimum absolute atomic E-state index is 0.375. The highest BCUT2D eigenvalue weighted by Crippen LogP contribution is 2.30. The van der Waals surface area contributed by atoms with Gasteiger partial charge in [0.2, 0.25) is 0 Å². The number of hydrogen-bond donors (Lipinski definition) is 1. The smallest absolute Gasteiger partial charge is 0.416 e. The lowest BCUT2D eigenvalue weighted by Crippen LogP contribution is -2.03. The number of rotatable bonds is 0. The third-order valence-electron chi connectivity index (χ3n) is 2.67. The molecule has 0 spiro atoms. The molecule has 0 aromatic heterocycles. The third kappa shape index (κ3) is 5.61. The van der Waals surface area contributed by atoms with Crippen LogP contribution in [0.2, 0.25) is 0 Å². The Morgan fingerprint density at radius 3 is 1.65 bits per heavy atom. The zero-order valence-electron chi connectivity index (χ0n) is 9.63. The summed E-state index contributed by atoms with van der Waals surface area (Å²) in [6, 6.07) is 3.92. The van der Waals surface area contributed by atoms with Crippen molar-refractivity contribution in [2.75, 3.05) is 0 Å². The van der Waals surface area contributed by atoms with Crippen LogP contribution in [0.4, 0.5) is 13.2 Å². The Morgan fingerprint density at radius 2 is 1.35 bits per heavy atom. The summed E-state index contributed by atoms with van der Waals surface area (Å²) in [5, 5.41) is 8.68. The monoisotopic (exact) mass is 246 g/mol. The SMILES string of the molecule is C1CCCCC1.Oc1cccc(C(F)(F)F)c1. The highest BCUT2D eigenvalue weighted by atomic mass is 19.4. The largest absolute Gasteiger partial charge is 0.508 e. The highest BCUT2D eigenvalue weighted by Gasteiger charge is 2.30. The Hall–Kier alpha value is -1.19. The molecule has 0 radical (unpaired) electrons. The first-order valence-electron chi connectivity index (χ1n) is 5.86. The first-order valence-corrected chi connectivity index (χ1v) is 5.86. The lowest BCUT2D eigenvalue weighted by atomic mass is 10.0. The molecule has 0 heterocycles. The van der Waals surface area contributed by atoms with E-state index in [1.54, 1.807) is 0 Å². The summed E-state index contributed by atoms with van der Waals surface area (Å²) in [5.74, 6) is -0.375. The van der Waals surface area contributed by atoms with Crippen LogP contribution in [0.15, 0.2) is 24.3 Å². The van der Waals surface area contributed by atoms with E-state index in [0.29, 0.717) is 6.07 Å². The predicted octanol–water partition coefficient (Wildman–Crippen LogP) is 4.75. The Morgan fingerprint density at radius 1 is 0.882 bits per heavy atom. The van der Waals surface area contributed by atoms with Crippen molar-refractivity contribution >= 4 is 0 Å². The van der Waals surface area contributed by atoms with Crippen LogP contribution < -0.4 is 0 Å². The fourth-order valence-corrected chi connectivity index (χ4v) is 1.74. The van der Waals surface area contributed by atoms with E-state index in [1.165, 1.54) is 44.6 Å². The molecule has 1 aliphatic rings. The van der Waals surface area contributed by atoms with Crippen molar-refractivity contribution in [1.82, 2.24) is 0 Å². The molecule has 0 unspecified atom stereocenters. The molecule has 1 N–H and O–H groups in total. The van der Waals surface area contributed by atoms with E-state index in [9.17, 15) is 13.2 Å². The van der Waals surface area contributed by atoms with E-state index in [-0.39, 0.29) is 5.75 Å². The van der Waals surface area contributed by atoms with Gasteiger partial charge in [0.1, 0.15) is 5.75 Å². The summed E-state index contributed by atoms with van der Waals surface area (Å²) in [4.78, 5) is 0. The van der Waals surface area contributed by atoms with Crippen molar-refractivity contribution < 1.29 is 18.3 Å². The number of hydrogen-bond acceptors (Lipinski definition) is 1. The minimum atomic E-state index is -4.38. The van der Waals surface area contributed by atoms with Crippen molar-refractivity contribution in [2.24, 2.45) is 0 Å². The normalized spacial score (nSPS) is 15.9. The van der Waals surface area contributed by atoms with E-state index in [1.807, 2.05) is 0 Å². The van der Waals surface area contributed by atoms with Crippen LogP contribution in [0.25, 0.3) is 0 Å². The van der Waals surface area contributed by atoms with Gasteiger partial charge in [0.15, 0.2) is 0 Å². The Labute approximate surface area is 99.3 Å². The van der Waals surface area contributed by atoms with Gasteiger partial charge in [0.25, 0.3) is 0 Å². The summed E-state index contributed by atoms with van der Waals surface area (Å²) in [6.07, 6.45) is 4.62. The van der Waals surface area contributed by atoms with E-state index in [0.717, 1.165) is 12.1 Å². The molecule has 1 aromatic carbocycles. The first-order chi connectivity index (χ1) is 8.00. The zero-order chi connectivity index (χ0) is 12.7. The van der Waals surface area contributed by atoms with Gasteiger partial charge >= 0.3 is 6.18 Å². The van der Waals surface area contributed by atoms with Gasteiger partial charge in [-0.1, -0.05) is 44.6 Å². The van der Waals surface area contributed by atoms with Gasteiger partial charge in [-0.05, 0) is 18.2 Å². The fraction of sp³-hybridized carbons (Fsp3) is 0.538. The van der Waals surface area contributed by atoms with Crippen LogP contribution in [-0.2, 0) is 6.18 Å². The van der Waals surface area contributed by atoms with Gasteiger partial charge in [-0.25, -0.2) is 0 Å². The molecule has 0 bridgehead atoms. The second-order valence-corrected chi connectivity index (χ2v) is 4.17. The summed E-state index contributed by atoms with van der Waals surface area (Å²) >= 11 is 0. The van der Waals surface area contributed by atoms with Crippen molar-refractivity contribution in [3.05, 3.63) is 29.8 Å². The van der Waals surface area contributed by atoms with Gasteiger partial charge in [-0.15, -0.1) is 0 Å². The number of benzene rings is 1. The Kier molecular flexibility index (Phi) is 5.32. The van der Waals surface area contributed by atoms with Gasteiger partial charge in [0.05, 0.1) is 5.56 Å². The Balaban J connectivity index is 0.000000202. The van der Waals surface area contributed by atoms with E-state index >= 15 is 0 Å². The van der Waals surface area contributed by atoms with Gasteiger partial charge in [-0.2, -0.15) is 13.2 Å². The van der Waals surface area contributed by atoms with E-state index < -0.39 is 11.7 Å². The highest BCUT2D eigenvalue weighted by molar-refractivity contribution is 5.28. The van der Waals surface area contributed by atoms with Crippen molar-refractivity contribution in [3.8, 4) is 5.75 Å². The molecule has 0 saturated heterocycles. The standard InChI is InChI=1S/C7H5F3O.C6H12/c8-7(9,10)5-2-1-3-6(11)4-5;1-2-4-6-5-3-1/h1-4,11H;1-6H2. The van der Waals surface area contributed by atoms with Crippen LogP contribution in [-0.4, -0.2) is 5.11 Å². The average Bonchev–Trinajstić information content (AvgIpc) is 2.31. The summed E-state index contributed by atoms with van der Waals surface area (Å²) in [7, 11) is 0. The molecule has 1 aliphatic carbocycles. The quantitative estimate of drug-likeness (QED) is 0.700. The van der Waals surface area contributed by atoms with Crippen molar-refractivity contribution in [1.29, 1.82) is 0 Å². The maximum Gasteiger partial charge on any atom is 0.416 e. The Bertz CT molecular complexity index is 318. The molecule has 0 amide bonds. The molecule has 1 aromatic rings. The molecule has 96 valence electrons. The van der Waals surface area contributed by atoms with Gasteiger partial charge < -0.3 is 5.11 Å². The van der Waals surface area contributed by atoms with E-state index in [2.05, 4.69) is 0 Å². The lowest BCUT2D eigenvalue weighted by molar-refractivity contribution is -0.137. The first kappa shape index (κ1) is 13.9. The number of aromatic hydroxyl groups is 1. The van der Waals surface area contributed by atoms with Gasteiger partial charge in [-0.3, -0.25) is 0 Å². The topological polar surface area (TPSA) is 20.2 Å². The lowest BCUT2D eigenvalue weighted by Gasteiger charge is -2.05. The second kappa shape index (κ2) is 6.52. The molecule has 1 saturated carbocycles. The molecule has 1 fully saturated rings. The number of phenols is 1. The summed E-state index contributed by atoms with van der Waals surface area (Å²) in [5.41, 5.74) is -0.836. The molecule has 17 heavy (non-hydrogen) atoms. The minimum Gasteiger partial charge on any atom is -0.508 e. The molecular formula is C13H17F3O. The van der Waals surface area contributed by atoms with Gasteiger partial charge in [0, 0.05) is 0 Å². The van der Waals surface area contributed by atoms with Crippen LogP contribution in [0.3, 0.4) is 0 Å². The molecular weight excluding hydrogens is 229 g/mol. The number of phenolic OH excluding ortho intramolecular Hbond substituents is 1. The molecule has 0 atom stereocenters. The molecule has 2 rings (SSSR count). The predicted molar refractivity (Wildman–Crippen MR) is 60.8 cm³/mol. The third-order valence-corrected chi connectivity index (χ3v) is 2.67. The summed E-state index contributed by atoms with van der Waals surface area (Å²) in [6.45, 7) is 0. The van der Waals surface area contributed by atoms with Crippen LogP contribution >= 0.6 is 0 Å². The van der Waals surface area contributed by atoms with Crippen LogP contribution in [0, 0.1) is 0 Å². The number of alkyl halides is 3. The van der Waals surface area contributed by atoms with E-state index in [4.69, 9.17) is 5.11 Å². The second-order valence-electron chi connectivity index (χ2n) is 4.17. The molecule has 0 aliphatic heterocycles. The maximum absolute atomic E-state index is 11.9. The van der Waals surface area contributed by atoms with Crippen molar-refractivity contribution in [3.63, 3.8) is 0 Å². The van der Waals surface area contributed by atoms with Crippen LogP contribution in [0.5, 0.6) is 5.75 Å². The summed E-state index contributed by atoms with van der Waals surface area (Å²) < 4.78 is 35.6. The zero-order valence-corrected chi connectivity index (χ0v) is 9.63. The average molecular weight is 246 g/mol. The molecule has 1 nitrogen and oxygen atoms in total. The molecule has 4 heteroatoms. The fourth-order valence-electron chi connectivity index (χ4n) is 1.74.